The van der Waals surface area contributed by atoms with Gasteiger partial charge in [0.1, 0.15) is 17.5 Å². The quantitative estimate of drug-likeness (QED) is 0.579. The Labute approximate surface area is 198 Å². The number of aromatic amines is 1. The van der Waals surface area contributed by atoms with Crippen LogP contribution in [-0.2, 0) is 9.53 Å². The number of alkyl carbamates (subject to hydrolysis) is 1. The van der Waals surface area contributed by atoms with Crippen LogP contribution in [0.4, 0.5) is 4.79 Å². The van der Waals surface area contributed by atoms with E-state index in [2.05, 4.69) is 31.2 Å². The number of carbonyl (C=O) groups is 2. The topological polar surface area (TPSA) is 87.3 Å². The van der Waals surface area contributed by atoms with Crippen molar-refractivity contribution in [3.8, 4) is 11.3 Å². The third kappa shape index (κ3) is 5.91. The number of nitrogens with one attached hydrogen (secondary N) is 2. The summed E-state index contributed by atoms with van der Waals surface area (Å²) in [4.78, 5) is 35.9. The number of benzene rings is 1. The first-order chi connectivity index (χ1) is 14.8. The lowest BCUT2D eigenvalue weighted by atomic mass is 9.85. The van der Waals surface area contributed by atoms with Crippen LogP contribution in [0.5, 0.6) is 0 Å². The molecule has 7 nitrogen and oxygen atoms in total. The zero-order valence-electron chi connectivity index (χ0n) is 19.7. The second kappa shape index (κ2) is 9.25. The molecule has 2 amide bonds. The third-order valence-electron chi connectivity index (χ3n) is 5.38. The fourth-order valence-electron chi connectivity index (χ4n) is 3.84. The number of amides is 2. The number of aromatic nitrogens is 2. The summed E-state index contributed by atoms with van der Waals surface area (Å²) in [6.07, 6.45) is 2.92. The highest BCUT2D eigenvalue weighted by Gasteiger charge is 2.41. The summed E-state index contributed by atoms with van der Waals surface area (Å²) >= 11 is 3.45. The van der Waals surface area contributed by atoms with Crippen molar-refractivity contribution in [1.29, 1.82) is 0 Å². The van der Waals surface area contributed by atoms with Gasteiger partial charge >= 0.3 is 6.09 Å². The zero-order valence-corrected chi connectivity index (χ0v) is 21.2. The van der Waals surface area contributed by atoms with Crippen molar-refractivity contribution in [2.45, 2.75) is 72.1 Å². The van der Waals surface area contributed by atoms with Gasteiger partial charge in [0, 0.05) is 11.0 Å². The van der Waals surface area contributed by atoms with Gasteiger partial charge in [-0.3, -0.25) is 4.79 Å². The highest BCUT2D eigenvalue weighted by atomic mass is 79.9. The first kappa shape index (κ1) is 24.3. The molecular weight excluding hydrogens is 472 g/mol. The third-order valence-corrected chi connectivity index (χ3v) is 5.90. The van der Waals surface area contributed by atoms with Gasteiger partial charge in [0.2, 0.25) is 5.91 Å². The molecule has 2 heterocycles. The first-order valence-electron chi connectivity index (χ1n) is 11.0. The van der Waals surface area contributed by atoms with E-state index in [0.29, 0.717) is 6.54 Å². The molecule has 0 saturated carbocycles. The van der Waals surface area contributed by atoms with Crippen molar-refractivity contribution >= 4 is 27.9 Å². The minimum Gasteiger partial charge on any atom is -0.444 e. The number of H-pyrrole nitrogens is 1. The van der Waals surface area contributed by atoms with Crippen molar-refractivity contribution in [3.63, 3.8) is 0 Å². The Morgan fingerprint density at radius 2 is 1.84 bits per heavy atom. The molecule has 0 unspecified atom stereocenters. The van der Waals surface area contributed by atoms with E-state index < -0.39 is 23.2 Å². The largest absolute Gasteiger partial charge is 0.444 e. The Morgan fingerprint density at radius 3 is 2.44 bits per heavy atom. The second-order valence-corrected chi connectivity index (χ2v) is 11.2. The van der Waals surface area contributed by atoms with Crippen LogP contribution in [0.1, 0.15) is 66.3 Å². The van der Waals surface area contributed by atoms with E-state index in [4.69, 9.17) is 4.74 Å². The van der Waals surface area contributed by atoms with Gasteiger partial charge in [-0.05, 0) is 56.7 Å². The molecule has 2 aromatic rings. The number of hydrogen-bond acceptors (Lipinski definition) is 4. The van der Waals surface area contributed by atoms with E-state index in [0.717, 1.165) is 34.4 Å². The summed E-state index contributed by atoms with van der Waals surface area (Å²) in [5, 5.41) is 2.81. The van der Waals surface area contributed by atoms with Crippen molar-refractivity contribution in [2.24, 2.45) is 5.41 Å². The Morgan fingerprint density at radius 1 is 1.19 bits per heavy atom. The molecule has 32 heavy (non-hydrogen) atoms. The monoisotopic (exact) mass is 504 g/mol. The van der Waals surface area contributed by atoms with Gasteiger partial charge < -0.3 is 19.9 Å². The molecule has 1 aliphatic heterocycles. The fourth-order valence-corrected chi connectivity index (χ4v) is 4.10. The molecule has 0 aliphatic carbocycles. The van der Waals surface area contributed by atoms with Crippen LogP contribution < -0.4 is 5.32 Å². The molecule has 1 aromatic heterocycles. The minimum absolute atomic E-state index is 0.118. The number of carbonyl (C=O) groups excluding carboxylic acids is 2. The Hall–Kier alpha value is -2.35. The number of rotatable bonds is 4. The number of halogens is 1. The van der Waals surface area contributed by atoms with Gasteiger partial charge in [0.25, 0.3) is 0 Å². The van der Waals surface area contributed by atoms with Crippen LogP contribution >= 0.6 is 15.9 Å². The Balaban J connectivity index is 1.80. The maximum Gasteiger partial charge on any atom is 0.408 e. The smallest absolute Gasteiger partial charge is 0.408 e. The van der Waals surface area contributed by atoms with E-state index in [1.165, 1.54) is 0 Å². The lowest BCUT2D eigenvalue weighted by molar-refractivity contribution is -0.137. The predicted octanol–water partition coefficient (Wildman–Crippen LogP) is 5.44. The normalized spacial score (nSPS) is 17.8. The lowest BCUT2D eigenvalue weighted by Crippen LogP contribution is -2.55. The van der Waals surface area contributed by atoms with E-state index in [9.17, 15) is 9.59 Å². The molecule has 174 valence electrons. The predicted molar refractivity (Wildman–Crippen MR) is 128 cm³/mol. The van der Waals surface area contributed by atoms with Gasteiger partial charge in [0.15, 0.2) is 0 Å². The van der Waals surface area contributed by atoms with Crippen LogP contribution in [-0.4, -0.2) is 45.1 Å². The average molecular weight is 505 g/mol. The molecular formula is C24H33BrN4O3. The number of imidazole rings is 1. The number of hydrogen-bond donors (Lipinski definition) is 2. The summed E-state index contributed by atoms with van der Waals surface area (Å²) in [6, 6.07) is 7.13. The standard InChI is InChI=1S/C24H33BrN4O3/c1-23(2,3)19(28-22(31)32-24(4,5)6)21(30)29-13-7-8-18(29)20-26-14-17(27-20)15-9-11-16(25)12-10-15/h9-12,14,18-19H,7-8,13H2,1-6H3,(H,26,27)(H,28,31)/t18-,19+/m0/s1. The van der Waals surface area contributed by atoms with Crippen LogP contribution in [0, 0.1) is 5.41 Å². The van der Waals surface area contributed by atoms with Crippen molar-refractivity contribution in [2.75, 3.05) is 6.54 Å². The number of nitrogens with zero attached hydrogens (tertiary/aromatic N) is 2. The molecule has 0 bridgehead atoms. The van der Waals surface area contributed by atoms with E-state index in [-0.39, 0.29) is 11.9 Å². The maximum atomic E-state index is 13.6. The van der Waals surface area contributed by atoms with Crippen molar-refractivity contribution in [1.82, 2.24) is 20.2 Å². The average Bonchev–Trinajstić information content (AvgIpc) is 3.33. The van der Waals surface area contributed by atoms with Crippen LogP contribution in [0.15, 0.2) is 34.9 Å². The highest BCUT2D eigenvalue weighted by Crippen LogP contribution is 2.34. The molecule has 2 atom stereocenters. The molecule has 1 aliphatic rings. The van der Waals surface area contributed by atoms with Crippen LogP contribution in [0.2, 0.25) is 0 Å². The molecule has 1 aromatic carbocycles. The maximum absolute atomic E-state index is 13.6. The first-order valence-corrected chi connectivity index (χ1v) is 11.8. The summed E-state index contributed by atoms with van der Waals surface area (Å²) in [5.74, 6) is 0.645. The molecule has 0 radical (unpaired) electrons. The van der Waals surface area contributed by atoms with Gasteiger partial charge in [0.05, 0.1) is 17.9 Å². The van der Waals surface area contributed by atoms with Crippen LogP contribution in [0.3, 0.4) is 0 Å². The van der Waals surface area contributed by atoms with Gasteiger partial charge in [-0.2, -0.15) is 0 Å². The van der Waals surface area contributed by atoms with Crippen LogP contribution in [0.25, 0.3) is 11.3 Å². The van der Waals surface area contributed by atoms with E-state index >= 15 is 0 Å². The lowest BCUT2D eigenvalue weighted by Gasteiger charge is -2.35. The molecule has 1 saturated heterocycles. The molecule has 1 fully saturated rings. The molecule has 2 N–H and O–H groups in total. The van der Waals surface area contributed by atoms with Gasteiger partial charge in [-0.1, -0.05) is 48.8 Å². The van der Waals surface area contributed by atoms with E-state index in [1.54, 1.807) is 27.0 Å². The second-order valence-electron chi connectivity index (χ2n) is 10.3. The Kier molecular flexibility index (Phi) is 7.03. The van der Waals surface area contributed by atoms with E-state index in [1.807, 2.05) is 49.9 Å². The van der Waals surface area contributed by atoms with Gasteiger partial charge in [-0.25, -0.2) is 9.78 Å². The van der Waals surface area contributed by atoms with Crippen molar-refractivity contribution < 1.29 is 14.3 Å². The van der Waals surface area contributed by atoms with Crippen molar-refractivity contribution in [3.05, 3.63) is 40.8 Å². The fraction of sp³-hybridized carbons (Fsp3) is 0.542. The summed E-state index contributed by atoms with van der Waals surface area (Å²) < 4.78 is 6.42. The zero-order chi connectivity index (χ0) is 23.7. The summed E-state index contributed by atoms with van der Waals surface area (Å²) in [7, 11) is 0. The number of likely N-dealkylation sites (tertiary alicyclic amines) is 1. The Bertz CT molecular complexity index is 957. The van der Waals surface area contributed by atoms with Gasteiger partial charge in [-0.15, -0.1) is 0 Å². The number of ether oxygens (including phenoxy) is 1. The summed E-state index contributed by atoms with van der Waals surface area (Å²) in [6.45, 7) is 11.9. The highest BCUT2D eigenvalue weighted by molar-refractivity contribution is 9.10. The molecule has 8 heteroatoms. The molecule has 0 spiro atoms. The minimum atomic E-state index is -0.709. The summed E-state index contributed by atoms with van der Waals surface area (Å²) in [5.41, 5.74) is 0.823. The molecule has 3 rings (SSSR count). The SMILES string of the molecule is CC(C)(C)OC(=O)N[C@H](C(=O)N1CCC[C@H]1c1ncc(-c2ccc(Br)cc2)[nH]1)C(C)(C)C.